The van der Waals surface area contributed by atoms with Gasteiger partial charge in [0.25, 0.3) is 5.69 Å². The third-order valence-corrected chi connectivity index (χ3v) is 1.56. The Morgan fingerprint density at radius 3 is 2.69 bits per heavy atom. The summed E-state index contributed by atoms with van der Waals surface area (Å²) < 4.78 is 4.52. The van der Waals surface area contributed by atoms with E-state index in [-0.39, 0.29) is 11.4 Å². The number of hydrogen-bond acceptors (Lipinski definition) is 6. The van der Waals surface area contributed by atoms with Gasteiger partial charge in [0.2, 0.25) is 0 Å². The molecule has 0 aliphatic carbocycles. The average molecular weight is 225 g/mol. The topological polar surface area (TPSA) is 125 Å². The van der Waals surface area contributed by atoms with Crippen molar-refractivity contribution < 1.29 is 19.2 Å². The van der Waals surface area contributed by atoms with Crippen LogP contribution in [0.2, 0.25) is 0 Å². The van der Waals surface area contributed by atoms with E-state index in [0.717, 1.165) is 6.07 Å². The molecule has 0 unspecified atom stereocenters. The molecule has 8 heteroatoms. The van der Waals surface area contributed by atoms with Crippen LogP contribution in [0.3, 0.4) is 0 Å². The number of carbonyl (C=O) groups is 2. The van der Waals surface area contributed by atoms with Gasteiger partial charge in [0.1, 0.15) is 5.75 Å². The zero-order valence-corrected chi connectivity index (χ0v) is 7.88. The van der Waals surface area contributed by atoms with Crippen LogP contribution in [0.1, 0.15) is 0 Å². The van der Waals surface area contributed by atoms with E-state index in [1.165, 1.54) is 18.2 Å². The molecule has 0 aliphatic rings. The van der Waals surface area contributed by atoms with Gasteiger partial charge in [0.15, 0.2) is 0 Å². The zero-order chi connectivity index (χ0) is 12.1. The largest absolute Gasteiger partial charge is 0.419 e. The quantitative estimate of drug-likeness (QED) is 0.133. The summed E-state index contributed by atoms with van der Waals surface area (Å²) in [6, 6.07) is 4.86. The van der Waals surface area contributed by atoms with Crippen molar-refractivity contribution in [2.24, 2.45) is 5.84 Å². The lowest BCUT2D eigenvalue weighted by Gasteiger charge is -2.02. The molecule has 0 saturated heterocycles. The summed E-state index contributed by atoms with van der Waals surface area (Å²) >= 11 is 0. The molecule has 0 aromatic heterocycles. The summed E-state index contributed by atoms with van der Waals surface area (Å²) in [4.78, 5) is 31.4. The summed E-state index contributed by atoms with van der Waals surface area (Å²) in [5, 5.41) is 10.4. The van der Waals surface area contributed by atoms with Gasteiger partial charge < -0.3 is 4.74 Å². The Morgan fingerprint density at radius 1 is 1.44 bits per heavy atom. The van der Waals surface area contributed by atoms with Crippen molar-refractivity contribution in [3.8, 4) is 5.75 Å². The van der Waals surface area contributed by atoms with E-state index in [4.69, 9.17) is 5.84 Å². The van der Waals surface area contributed by atoms with E-state index in [1.54, 1.807) is 5.43 Å². The van der Waals surface area contributed by atoms with E-state index in [0.29, 0.717) is 0 Å². The Balaban J connectivity index is 2.82. The van der Waals surface area contributed by atoms with E-state index in [1.807, 2.05) is 0 Å². The van der Waals surface area contributed by atoms with Crippen LogP contribution in [-0.2, 0) is 9.59 Å². The van der Waals surface area contributed by atoms with Crippen molar-refractivity contribution in [1.82, 2.24) is 5.43 Å². The molecule has 0 aliphatic heterocycles. The smallest absolute Gasteiger partial charge is 0.403 e. The molecular weight excluding hydrogens is 218 g/mol. The Labute approximate surface area is 89.1 Å². The van der Waals surface area contributed by atoms with Crippen LogP contribution in [0.4, 0.5) is 5.69 Å². The number of non-ortho nitro benzene ring substituents is 1. The molecule has 1 amide bonds. The maximum Gasteiger partial charge on any atom is 0.403 e. The molecule has 84 valence electrons. The Kier molecular flexibility index (Phi) is 3.51. The van der Waals surface area contributed by atoms with Crippen LogP contribution in [0, 0.1) is 10.1 Å². The van der Waals surface area contributed by atoms with Crippen molar-refractivity contribution in [2.45, 2.75) is 0 Å². The van der Waals surface area contributed by atoms with Gasteiger partial charge in [0, 0.05) is 6.07 Å². The highest BCUT2D eigenvalue weighted by atomic mass is 16.6. The second-order valence-electron chi connectivity index (χ2n) is 2.62. The van der Waals surface area contributed by atoms with Crippen LogP contribution in [0.15, 0.2) is 24.3 Å². The number of hydrogen-bond donors (Lipinski definition) is 2. The number of nitrogens with two attached hydrogens (primary N) is 1. The normalized spacial score (nSPS) is 9.31. The lowest BCUT2D eigenvalue weighted by atomic mass is 10.3. The first-order chi connectivity index (χ1) is 7.54. The van der Waals surface area contributed by atoms with E-state index >= 15 is 0 Å². The van der Waals surface area contributed by atoms with E-state index in [2.05, 4.69) is 4.74 Å². The molecule has 16 heavy (non-hydrogen) atoms. The minimum Gasteiger partial charge on any atom is -0.419 e. The Hall–Kier alpha value is -2.48. The second-order valence-corrected chi connectivity index (χ2v) is 2.62. The lowest BCUT2D eigenvalue weighted by Crippen LogP contribution is -2.38. The summed E-state index contributed by atoms with van der Waals surface area (Å²) in [7, 11) is 0. The first-order valence-electron chi connectivity index (χ1n) is 4.02. The maximum absolute atomic E-state index is 10.9. The lowest BCUT2D eigenvalue weighted by molar-refractivity contribution is -0.384. The van der Waals surface area contributed by atoms with Gasteiger partial charge in [-0.3, -0.25) is 20.3 Å². The third-order valence-electron chi connectivity index (χ3n) is 1.56. The molecule has 0 fully saturated rings. The number of nitrogens with zero attached hydrogens (tertiary/aromatic N) is 1. The van der Waals surface area contributed by atoms with Crippen LogP contribution >= 0.6 is 0 Å². The predicted molar refractivity (Wildman–Crippen MR) is 51.1 cm³/mol. The molecule has 0 heterocycles. The maximum atomic E-state index is 10.9. The zero-order valence-electron chi connectivity index (χ0n) is 7.88. The number of carbonyl (C=O) groups excluding carboxylic acids is 2. The fraction of sp³-hybridized carbons (Fsp3) is 0. The molecule has 0 bridgehead atoms. The van der Waals surface area contributed by atoms with Crippen molar-refractivity contribution in [2.75, 3.05) is 0 Å². The molecule has 0 radical (unpaired) electrons. The van der Waals surface area contributed by atoms with Crippen LogP contribution in [0.25, 0.3) is 0 Å². The number of rotatable bonds is 2. The molecule has 0 spiro atoms. The molecule has 3 N–H and O–H groups in total. The van der Waals surface area contributed by atoms with Gasteiger partial charge >= 0.3 is 11.9 Å². The first-order valence-corrected chi connectivity index (χ1v) is 4.02. The van der Waals surface area contributed by atoms with E-state index < -0.39 is 16.8 Å². The van der Waals surface area contributed by atoms with Crippen LogP contribution in [-0.4, -0.2) is 16.8 Å². The van der Waals surface area contributed by atoms with Gasteiger partial charge in [0.05, 0.1) is 11.0 Å². The molecular formula is C8H7N3O5. The van der Waals surface area contributed by atoms with Gasteiger partial charge in [-0.1, -0.05) is 6.07 Å². The average Bonchev–Trinajstić information content (AvgIpc) is 2.28. The fourth-order valence-electron chi connectivity index (χ4n) is 0.873. The number of esters is 1. The Morgan fingerprint density at radius 2 is 2.12 bits per heavy atom. The number of amides is 1. The van der Waals surface area contributed by atoms with Crippen LogP contribution < -0.4 is 16.0 Å². The number of nitro groups is 1. The van der Waals surface area contributed by atoms with Crippen molar-refractivity contribution in [1.29, 1.82) is 0 Å². The second kappa shape index (κ2) is 4.84. The van der Waals surface area contributed by atoms with Crippen molar-refractivity contribution in [3.63, 3.8) is 0 Å². The molecule has 0 atom stereocenters. The van der Waals surface area contributed by atoms with Gasteiger partial charge in [-0.15, -0.1) is 0 Å². The number of hydrazine groups is 1. The van der Waals surface area contributed by atoms with Gasteiger partial charge in [-0.25, -0.2) is 10.6 Å². The highest BCUT2D eigenvalue weighted by Crippen LogP contribution is 2.18. The first kappa shape index (κ1) is 11.6. The predicted octanol–water partition coefficient (Wildman–Crippen LogP) is -0.510. The van der Waals surface area contributed by atoms with Gasteiger partial charge in [-0.2, -0.15) is 0 Å². The summed E-state index contributed by atoms with van der Waals surface area (Å²) in [6.45, 7) is 0. The van der Waals surface area contributed by atoms with Crippen molar-refractivity contribution >= 4 is 17.6 Å². The standard InChI is InChI=1S/C8H7N3O5/c9-10-7(12)8(13)16-6-3-1-2-5(4-6)11(14)15/h1-4H,9H2,(H,10,12). The SMILES string of the molecule is NNC(=O)C(=O)Oc1cccc([N+](=O)[O-])c1. The van der Waals surface area contributed by atoms with Crippen molar-refractivity contribution in [3.05, 3.63) is 34.4 Å². The summed E-state index contributed by atoms with van der Waals surface area (Å²) in [5.41, 5.74) is 1.32. The Bertz CT molecular complexity index is 445. The van der Waals surface area contributed by atoms with E-state index in [9.17, 15) is 19.7 Å². The van der Waals surface area contributed by atoms with Gasteiger partial charge in [-0.05, 0) is 6.07 Å². The minimum atomic E-state index is -1.25. The molecule has 8 nitrogen and oxygen atoms in total. The highest BCUT2D eigenvalue weighted by molar-refractivity contribution is 6.32. The third kappa shape index (κ3) is 2.75. The summed E-state index contributed by atoms with van der Waals surface area (Å²) in [6.07, 6.45) is 0. The number of nitrogens with one attached hydrogen (secondary N) is 1. The molecule has 1 aromatic rings. The molecule has 0 saturated carbocycles. The summed E-state index contributed by atoms with van der Waals surface area (Å²) in [5.74, 6) is 2.19. The minimum absolute atomic E-state index is 0.109. The number of nitro benzene ring substituents is 1. The number of benzene rings is 1. The highest BCUT2D eigenvalue weighted by Gasteiger charge is 2.16. The number of ether oxygens (including phenoxy) is 1. The van der Waals surface area contributed by atoms with Crippen LogP contribution in [0.5, 0.6) is 5.75 Å². The fourth-order valence-corrected chi connectivity index (χ4v) is 0.873. The molecule has 1 rings (SSSR count). The monoisotopic (exact) mass is 225 g/mol. The molecule has 1 aromatic carbocycles.